The number of aromatic nitrogens is 2. The zero-order valence-corrected chi connectivity index (χ0v) is 9.76. The monoisotopic (exact) mass is 242 g/mol. The molecule has 1 aliphatic carbocycles. The van der Waals surface area contributed by atoms with Gasteiger partial charge >= 0.3 is 0 Å². The molecule has 0 spiro atoms. The molecular weight excluding hydrogens is 228 g/mol. The molecule has 1 fully saturated rings. The average Bonchev–Trinajstić information content (AvgIpc) is 2.89. The molecule has 2 unspecified atom stereocenters. The maximum absolute atomic E-state index is 11.9. The Hall–Kier alpha value is -2.14. The Labute approximate surface area is 104 Å². The van der Waals surface area contributed by atoms with E-state index in [2.05, 4.69) is 15.5 Å². The molecular formula is C13H14N4O. The van der Waals surface area contributed by atoms with Gasteiger partial charge in [-0.1, -0.05) is 12.1 Å². The molecule has 1 saturated carbocycles. The highest BCUT2D eigenvalue weighted by atomic mass is 16.1. The van der Waals surface area contributed by atoms with Crippen molar-refractivity contribution in [1.82, 2.24) is 10.2 Å². The molecule has 0 aliphatic heterocycles. The van der Waals surface area contributed by atoms with Crippen molar-refractivity contribution >= 4 is 11.6 Å². The molecule has 4 N–H and O–H groups in total. The van der Waals surface area contributed by atoms with Gasteiger partial charge in [0.25, 0.3) is 5.91 Å². The van der Waals surface area contributed by atoms with Crippen LogP contribution in [0.15, 0.2) is 36.7 Å². The van der Waals surface area contributed by atoms with Crippen LogP contribution in [-0.4, -0.2) is 22.1 Å². The number of anilines is 1. The lowest BCUT2D eigenvalue weighted by Crippen LogP contribution is -2.11. The maximum atomic E-state index is 11.9. The number of H-pyrrole nitrogens is 1. The van der Waals surface area contributed by atoms with E-state index < -0.39 is 0 Å². The van der Waals surface area contributed by atoms with Gasteiger partial charge in [-0.3, -0.25) is 9.89 Å². The predicted octanol–water partition coefficient (Wildman–Crippen LogP) is 1.48. The number of amides is 1. The van der Waals surface area contributed by atoms with Crippen molar-refractivity contribution in [3.8, 4) is 0 Å². The fraction of sp³-hybridized carbons (Fsp3) is 0.231. The number of benzene rings is 1. The molecule has 1 aliphatic rings. The number of hydrogen-bond donors (Lipinski definition) is 3. The first-order valence-corrected chi connectivity index (χ1v) is 5.90. The van der Waals surface area contributed by atoms with Crippen LogP contribution in [0, 0.1) is 0 Å². The summed E-state index contributed by atoms with van der Waals surface area (Å²) in [7, 11) is 0. The minimum atomic E-state index is -0.136. The van der Waals surface area contributed by atoms with Crippen molar-refractivity contribution in [3.05, 3.63) is 47.8 Å². The van der Waals surface area contributed by atoms with Crippen LogP contribution in [0.4, 0.5) is 5.69 Å². The molecule has 0 saturated heterocycles. The van der Waals surface area contributed by atoms with Crippen LogP contribution >= 0.6 is 0 Å². The van der Waals surface area contributed by atoms with Gasteiger partial charge < -0.3 is 11.1 Å². The molecule has 1 aromatic heterocycles. The number of carbonyl (C=O) groups is 1. The summed E-state index contributed by atoms with van der Waals surface area (Å²) < 4.78 is 0. The van der Waals surface area contributed by atoms with Crippen LogP contribution in [0.3, 0.4) is 0 Å². The van der Waals surface area contributed by atoms with Gasteiger partial charge in [0.2, 0.25) is 0 Å². The van der Waals surface area contributed by atoms with Crippen molar-refractivity contribution in [1.29, 1.82) is 0 Å². The standard InChI is InChI=1S/C13H14N4O/c14-12-5-11(12)8-1-3-9(4-2-8)13(18)17-10-6-15-16-7-10/h1-4,6-7,11-12H,5,14H2,(H,15,16)(H,17,18). The van der Waals surface area contributed by atoms with Crippen LogP contribution in [0.25, 0.3) is 0 Å². The van der Waals surface area contributed by atoms with Crippen molar-refractivity contribution < 1.29 is 4.79 Å². The van der Waals surface area contributed by atoms with E-state index in [0.29, 0.717) is 17.2 Å². The Bertz CT molecular complexity index is 547. The number of aromatic amines is 1. The first-order chi connectivity index (χ1) is 8.74. The third-order valence-electron chi connectivity index (χ3n) is 3.20. The summed E-state index contributed by atoms with van der Waals surface area (Å²) in [5, 5.41) is 9.17. The second-order valence-electron chi connectivity index (χ2n) is 4.57. The molecule has 1 aromatic carbocycles. The second-order valence-corrected chi connectivity index (χ2v) is 4.57. The van der Waals surface area contributed by atoms with E-state index in [9.17, 15) is 4.79 Å². The normalized spacial score (nSPS) is 21.6. The Balaban J connectivity index is 1.70. The zero-order valence-electron chi connectivity index (χ0n) is 9.76. The minimum absolute atomic E-state index is 0.136. The van der Waals surface area contributed by atoms with Gasteiger partial charge in [-0.15, -0.1) is 0 Å². The lowest BCUT2D eigenvalue weighted by atomic mass is 10.1. The molecule has 1 heterocycles. The average molecular weight is 242 g/mol. The van der Waals surface area contributed by atoms with Gasteiger partial charge in [-0.05, 0) is 24.1 Å². The second kappa shape index (κ2) is 4.27. The summed E-state index contributed by atoms with van der Waals surface area (Å²) in [6, 6.07) is 7.89. The van der Waals surface area contributed by atoms with Crippen molar-refractivity contribution in [2.75, 3.05) is 5.32 Å². The maximum Gasteiger partial charge on any atom is 0.255 e. The molecule has 2 atom stereocenters. The Morgan fingerprint density at radius 2 is 2.11 bits per heavy atom. The largest absolute Gasteiger partial charge is 0.327 e. The van der Waals surface area contributed by atoms with Crippen LogP contribution < -0.4 is 11.1 Å². The summed E-state index contributed by atoms with van der Waals surface area (Å²) >= 11 is 0. The Morgan fingerprint density at radius 3 is 2.67 bits per heavy atom. The van der Waals surface area contributed by atoms with E-state index in [0.717, 1.165) is 6.42 Å². The predicted molar refractivity (Wildman–Crippen MR) is 68.3 cm³/mol. The lowest BCUT2D eigenvalue weighted by molar-refractivity contribution is 0.102. The summed E-state index contributed by atoms with van der Waals surface area (Å²) in [4.78, 5) is 11.9. The molecule has 92 valence electrons. The highest BCUT2D eigenvalue weighted by Gasteiger charge is 2.34. The molecule has 5 heteroatoms. The molecule has 3 rings (SSSR count). The summed E-state index contributed by atoms with van der Waals surface area (Å²) in [6.07, 6.45) is 4.24. The zero-order chi connectivity index (χ0) is 12.5. The quantitative estimate of drug-likeness (QED) is 0.762. The first-order valence-electron chi connectivity index (χ1n) is 5.90. The van der Waals surface area contributed by atoms with E-state index in [1.54, 1.807) is 12.4 Å². The first kappa shape index (κ1) is 11.0. The van der Waals surface area contributed by atoms with Gasteiger partial charge in [-0.25, -0.2) is 0 Å². The molecule has 18 heavy (non-hydrogen) atoms. The highest BCUT2D eigenvalue weighted by molar-refractivity contribution is 6.04. The number of carbonyl (C=O) groups excluding carboxylic acids is 1. The van der Waals surface area contributed by atoms with Gasteiger partial charge in [-0.2, -0.15) is 5.10 Å². The Kier molecular flexibility index (Phi) is 2.60. The number of nitrogens with two attached hydrogens (primary N) is 1. The smallest absolute Gasteiger partial charge is 0.255 e. The van der Waals surface area contributed by atoms with E-state index in [1.807, 2.05) is 24.3 Å². The Morgan fingerprint density at radius 1 is 1.39 bits per heavy atom. The van der Waals surface area contributed by atoms with Crippen LogP contribution in [0.1, 0.15) is 28.3 Å². The van der Waals surface area contributed by atoms with E-state index >= 15 is 0 Å². The minimum Gasteiger partial charge on any atom is -0.327 e. The summed E-state index contributed by atoms with van der Waals surface area (Å²) in [6.45, 7) is 0. The SMILES string of the molecule is NC1CC1c1ccc(C(=O)Nc2cn[nH]c2)cc1. The third kappa shape index (κ3) is 2.12. The van der Waals surface area contributed by atoms with Crippen molar-refractivity contribution in [2.24, 2.45) is 5.73 Å². The third-order valence-corrected chi connectivity index (χ3v) is 3.20. The van der Waals surface area contributed by atoms with Crippen LogP contribution in [-0.2, 0) is 0 Å². The van der Waals surface area contributed by atoms with Gasteiger partial charge in [0.15, 0.2) is 0 Å². The number of rotatable bonds is 3. The van der Waals surface area contributed by atoms with Gasteiger partial charge in [0.1, 0.15) is 0 Å². The lowest BCUT2D eigenvalue weighted by Gasteiger charge is -2.04. The van der Waals surface area contributed by atoms with Crippen molar-refractivity contribution in [2.45, 2.75) is 18.4 Å². The number of nitrogens with zero attached hydrogens (tertiary/aromatic N) is 1. The van der Waals surface area contributed by atoms with E-state index in [4.69, 9.17) is 5.73 Å². The van der Waals surface area contributed by atoms with E-state index in [-0.39, 0.29) is 11.9 Å². The molecule has 0 radical (unpaired) electrons. The van der Waals surface area contributed by atoms with E-state index in [1.165, 1.54) is 5.56 Å². The molecule has 5 nitrogen and oxygen atoms in total. The molecule has 0 bridgehead atoms. The highest BCUT2D eigenvalue weighted by Crippen LogP contribution is 2.38. The summed E-state index contributed by atoms with van der Waals surface area (Å²) in [5.74, 6) is 0.332. The van der Waals surface area contributed by atoms with Crippen LogP contribution in [0.2, 0.25) is 0 Å². The number of nitrogens with one attached hydrogen (secondary N) is 2. The topological polar surface area (TPSA) is 83.8 Å². The fourth-order valence-electron chi connectivity index (χ4n) is 2.00. The van der Waals surface area contributed by atoms with Gasteiger partial charge in [0, 0.05) is 23.7 Å². The number of hydrogen-bond acceptors (Lipinski definition) is 3. The summed E-state index contributed by atoms with van der Waals surface area (Å²) in [5.41, 5.74) is 8.30. The van der Waals surface area contributed by atoms with Crippen molar-refractivity contribution in [3.63, 3.8) is 0 Å². The molecule has 2 aromatic rings. The fourth-order valence-corrected chi connectivity index (χ4v) is 2.00. The van der Waals surface area contributed by atoms with Gasteiger partial charge in [0.05, 0.1) is 11.9 Å². The van der Waals surface area contributed by atoms with Crippen LogP contribution in [0.5, 0.6) is 0 Å². The molecule has 1 amide bonds.